The van der Waals surface area contributed by atoms with Gasteiger partial charge in [0.1, 0.15) is 11.9 Å². The molecule has 1 aromatic carbocycles. The Bertz CT molecular complexity index is 576. The number of nitrogens with zero attached hydrogens (tertiary/aromatic N) is 2. The highest BCUT2D eigenvalue weighted by Gasteiger charge is 2.29. The van der Waals surface area contributed by atoms with E-state index in [1.807, 2.05) is 36.8 Å². The number of benzene rings is 1. The molecule has 0 spiro atoms. The first-order chi connectivity index (χ1) is 9.16. The largest absolute Gasteiger partial charge is 0.484 e. The predicted octanol–water partition coefficient (Wildman–Crippen LogP) is 2.99. The van der Waals surface area contributed by atoms with Crippen LogP contribution in [0.4, 0.5) is 0 Å². The number of nitrogens with two attached hydrogens (primary N) is 1. The second-order valence-electron chi connectivity index (χ2n) is 5.31. The zero-order chi connectivity index (χ0) is 13.4. The fraction of sp³-hybridized carbons (Fsp3) is 0.400. The van der Waals surface area contributed by atoms with Crippen molar-refractivity contribution in [3.05, 3.63) is 48.0 Å². The summed E-state index contributed by atoms with van der Waals surface area (Å²) in [6.45, 7) is 4.28. The molecule has 19 heavy (non-hydrogen) atoms. The van der Waals surface area contributed by atoms with E-state index < -0.39 is 0 Å². The molecule has 0 amide bonds. The second kappa shape index (κ2) is 4.70. The van der Waals surface area contributed by atoms with Crippen molar-refractivity contribution in [2.75, 3.05) is 0 Å². The van der Waals surface area contributed by atoms with E-state index in [1.165, 1.54) is 0 Å². The van der Waals surface area contributed by atoms with Crippen molar-refractivity contribution < 1.29 is 4.74 Å². The maximum absolute atomic E-state index is 6.26. The summed E-state index contributed by atoms with van der Waals surface area (Å²) in [7, 11) is 0. The Morgan fingerprint density at radius 2 is 2.16 bits per heavy atom. The van der Waals surface area contributed by atoms with Crippen molar-refractivity contribution in [3.8, 4) is 5.75 Å². The van der Waals surface area contributed by atoms with E-state index in [1.54, 1.807) is 0 Å². The van der Waals surface area contributed by atoms with Gasteiger partial charge >= 0.3 is 0 Å². The summed E-state index contributed by atoms with van der Waals surface area (Å²) < 4.78 is 8.24. The quantitative estimate of drug-likeness (QED) is 0.899. The number of hydrogen-bond acceptors (Lipinski definition) is 3. The fourth-order valence-electron chi connectivity index (χ4n) is 2.63. The molecule has 0 fully saturated rings. The van der Waals surface area contributed by atoms with E-state index in [9.17, 15) is 0 Å². The monoisotopic (exact) mass is 257 g/mol. The lowest BCUT2D eigenvalue weighted by Crippen LogP contribution is -2.25. The lowest BCUT2D eigenvalue weighted by atomic mass is 9.96. The van der Waals surface area contributed by atoms with Gasteiger partial charge in [-0.05, 0) is 19.9 Å². The number of imidazole rings is 1. The Morgan fingerprint density at radius 1 is 1.37 bits per heavy atom. The molecule has 0 saturated carbocycles. The maximum atomic E-state index is 6.26. The molecule has 3 rings (SSSR count). The summed E-state index contributed by atoms with van der Waals surface area (Å²) >= 11 is 0. The summed E-state index contributed by atoms with van der Waals surface area (Å²) in [4.78, 5) is 4.24. The number of hydrogen-bond donors (Lipinski definition) is 1. The van der Waals surface area contributed by atoms with E-state index in [2.05, 4.69) is 23.4 Å². The lowest BCUT2D eigenvalue weighted by molar-refractivity contribution is 0.151. The Kier molecular flexibility index (Phi) is 3.03. The van der Waals surface area contributed by atoms with Gasteiger partial charge in [-0.3, -0.25) is 0 Å². The number of aromatic nitrogens is 2. The highest BCUT2D eigenvalue weighted by atomic mass is 16.5. The smallest absolute Gasteiger partial charge is 0.142 e. The predicted molar refractivity (Wildman–Crippen MR) is 74.0 cm³/mol. The zero-order valence-electron chi connectivity index (χ0n) is 11.3. The first-order valence-electron chi connectivity index (χ1n) is 6.69. The maximum Gasteiger partial charge on any atom is 0.142 e. The standard InChI is InChI=1S/C15H19N3O/c1-10(2)18-9-17-8-13(18)15-7-12(16)11-5-3-4-6-14(11)19-15/h3-6,8-10,12,15H,7,16H2,1-2H3. The van der Waals surface area contributed by atoms with Crippen LogP contribution in [0.25, 0.3) is 0 Å². The highest BCUT2D eigenvalue weighted by molar-refractivity contribution is 5.38. The van der Waals surface area contributed by atoms with Crippen molar-refractivity contribution in [1.29, 1.82) is 0 Å². The molecule has 2 aromatic rings. The van der Waals surface area contributed by atoms with Crippen molar-refractivity contribution in [1.82, 2.24) is 9.55 Å². The number of rotatable bonds is 2. The van der Waals surface area contributed by atoms with Crippen LogP contribution in [0.5, 0.6) is 5.75 Å². The summed E-state index contributed by atoms with van der Waals surface area (Å²) in [6.07, 6.45) is 4.51. The third kappa shape index (κ3) is 2.12. The van der Waals surface area contributed by atoms with Gasteiger partial charge in [-0.25, -0.2) is 4.98 Å². The average molecular weight is 257 g/mol. The first-order valence-corrected chi connectivity index (χ1v) is 6.69. The molecular weight excluding hydrogens is 238 g/mol. The molecule has 2 atom stereocenters. The molecule has 2 unspecified atom stereocenters. The van der Waals surface area contributed by atoms with Gasteiger partial charge in [0.25, 0.3) is 0 Å². The Hall–Kier alpha value is -1.81. The minimum Gasteiger partial charge on any atom is -0.484 e. The first kappa shape index (κ1) is 12.2. The van der Waals surface area contributed by atoms with Crippen LogP contribution < -0.4 is 10.5 Å². The molecule has 2 heterocycles. The topological polar surface area (TPSA) is 53.1 Å². The van der Waals surface area contributed by atoms with E-state index in [0.717, 1.165) is 23.4 Å². The third-order valence-electron chi connectivity index (χ3n) is 3.64. The van der Waals surface area contributed by atoms with Gasteiger partial charge in [-0.1, -0.05) is 18.2 Å². The molecule has 0 bridgehead atoms. The van der Waals surface area contributed by atoms with Gasteiger partial charge in [-0.15, -0.1) is 0 Å². The van der Waals surface area contributed by atoms with Crippen LogP contribution in [0, 0.1) is 0 Å². The van der Waals surface area contributed by atoms with Gasteiger partial charge in [0.15, 0.2) is 0 Å². The second-order valence-corrected chi connectivity index (χ2v) is 5.31. The molecular formula is C15H19N3O. The third-order valence-corrected chi connectivity index (χ3v) is 3.64. The van der Waals surface area contributed by atoms with Crippen LogP contribution in [-0.2, 0) is 0 Å². The normalized spacial score (nSPS) is 22.1. The summed E-state index contributed by atoms with van der Waals surface area (Å²) in [6, 6.07) is 8.39. The fourth-order valence-corrected chi connectivity index (χ4v) is 2.63. The van der Waals surface area contributed by atoms with Crippen LogP contribution in [-0.4, -0.2) is 9.55 Å². The highest BCUT2D eigenvalue weighted by Crippen LogP contribution is 2.39. The van der Waals surface area contributed by atoms with Crippen LogP contribution in [0.3, 0.4) is 0 Å². The van der Waals surface area contributed by atoms with E-state index in [-0.39, 0.29) is 12.1 Å². The Balaban J connectivity index is 1.95. The Labute approximate surface area is 113 Å². The minimum absolute atomic E-state index is 0.0187. The molecule has 100 valence electrons. The van der Waals surface area contributed by atoms with Gasteiger partial charge in [0.05, 0.1) is 18.2 Å². The Morgan fingerprint density at radius 3 is 2.95 bits per heavy atom. The van der Waals surface area contributed by atoms with E-state index in [4.69, 9.17) is 10.5 Å². The molecule has 4 heteroatoms. The molecule has 1 aromatic heterocycles. The minimum atomic E-state index is -0.0187. The van der Waals surface area contributed by atoms with Gasteiger partial charge < -0.3 is 15.0 Å². The SMILES string of the molecule is CC(C)n1cncc1C1CC(N)c2ccccc2O1. The molecule has 2 N–H and O–H groups in total. The molecule has 4 nitrogen and oxygen atoms in total. The lowest BCUT2D eigenvalue weighted by Gasteiger charge is -2.31. The average Bonchev–Trinajstić information content (AvgIpc) is 2.88. The number of fused-ring (bicyclic) bond motifs is 1. The van der Waals surface area contributed by atoms with Gasteiger partial charge in [0, 0.05) is 24.1 Å². The van der Waals surface area contributed by atoms with Crippen molar-refractivity contribution in [3.63, 3.8) is 0 Å². The summed E-state index contributed by atoms with van der Waals surface area (Å²) in [5.74, 6) is 0.891. The summed E-state index contributed by atoms with van der Waals surface area (Å²) in [5.41, 5.74) is 8.45. The zero-order valence-corrected chi connectivity index (χ0v) is 11.3. The van der Waals surface area contributed by atoms with Crippen molar-refractivity contribution in [2.24, 2.45) is 5.73 Å². The molecule has 1 aliphatic rings. The molecule has 0 aliphatic carbocycles. The van der Waals surface area contributed by atoms with E-state index in [0.29, 0.717) is 6.04 Å². The molecule has 1 aliphatic heterocycles. The number of ether oxygens (including phenoxy) is 1. The van der Waals surface area contributed by atoms with Crippen LogP contribution in [0.2, 0.25) is 0 Å². The van der Waals surface area contributed by atoms with Crippen LogP contribution in [0.15, 0.2) is 36.8 Å². The van der Waals surface area contributed by atoms with Gasteiger partial charge in [-0.2, -0.15) is 0 Å². The molecule has 0 saturated heterocycles. The van der Waals surface area contributed by atoms with Gasteiger partial charge in [0.2, 0.25) is 0 Å². The van der Waals surface area contributed by atoms with Crippen molar-refractivity contribution >= 4 is 0 Å². The van der Waals surface area contributed by atoms with Crippen molar-refractivity contribution in [2.45, 2.75) is 38.5 Å². The number of para-hydroxylation sites is 1. The van der Waals surface area contributed by atoms with Crippen LogP contribution >= 0.6 is 0 Å². The van der Waals surface area contributed by atoms with E-state index >= 15 is 0 Å². The molecule has 0 radical (unpaired) electrons. The van der Waals surface area contributed by atoms with Crippen LogP contribution in [0.1, 0.15) is 49.7 Å². The summed E-state index contributed by atoms with van der Waals surface area (Å²) in [5, 5.41) is 0.